The predicted molar refractivity (Wildman–Crippen MR) is 129 cm³/mol. The number of methoxy groups -OCH3 is 1. The van der Waals surface area contributed by atoms with E-state index in [4.69, 9.17) is 4.74 Å². The lowest BCUT2D eigenvalue weighted by Crippen LogP contribution is -2.33. The number of rotatable bonds is 7. The molecular weight excluding hydrogens is 416 g/mol. The monoisotopic (exact) mass is 444 g/mol. The third-order valence-electron chi connectivity index (χ3n) is 6.01. The van der Waals surface area contributed by atoms with Gasteiger partial charge in [0.15, 0.2) is 0 Å². The number of hydrogen-bond acceptors (Lipinski definition) is 4. The molecule has 0 unspecified atom stereocenters. The van der Waals surface area contributed by atoms with E-state index in [-0.39, 0.29) is 18.0 Å². The Balaban J connectivity index is 1.53. The van der Waals surface area contributed by atoms with Crippen LogP contribution in [-0.2, 0) is 24.4 Å². The van der Waals surface area contributed by atoms with Gasteiger partial charge < -0.3 is 14.6 Å². The molecule has 0 atom stereocenters. The normalized spacial score (nSPS) is 11.0. The molecule has 170 valence electrons. The van der Waals surface area contributed by atoms with Crippen molar-refractivity contribution >= 4 is 16.7 Å². The quantitative estimate of drug-likeness (QED) is 0.473. The van der Waals surface area contributed by atoms with E-state index in [9.17, 15) is 9.59 Å². The van der Waals surface area contributed by atoms with Crippen LogP contribution >= 0.6 is 0 Å². The second kappa shape index (κ2) is 9.32. The largest absolute Gasteiger partial charge is 0.497 e. The Labute approximate surface area is 192 Å². The lowest BCUT2D eigenvalue weighted by atomic mass is 10.1. The summed E-state index contributed by atoms with van der Waals surface area (Å²) in [7, 11) is 1.61. The smallest absolute Gasteiger partial charge is 0.276 e. The first-order chi connectivity index (χ1) is 15.9. The van der Waals surface area contributed by atoms with E-state index in [2.05, 4.69) is 46.2 Å². The van der Waals surface area contributed by atoms with Crippen molar-refractivity contribution < 1.29 is 9.53 Å². The Hall–Kier alpha value is -3.87. The first kappa shape index (κ1) is 22.3. The fraction of sp³-hybridized carbons (Fsp3) is 0.269. The summed E-state index contributed by atoms with van der Waals surface area (Å²) in [4.78, 5) is 25.7. The molecule has 4 aromatic rings. The average molecular weight is 445 g/mol. The maximum absolute atomic E-state index is 13.2. The van der Waals surface area contributed by atoms with Crippen molar-refractivity contribution in [3.05, 3.63) is 93.2 Å². The lowest BCUT2D eigenvalue weighted by molar-refractivity contribution is -0.122. The Morgan fingerprint density at radius 1 is 0.970 bits per heavy atom. The predicted octanol–water partition coefficient (Wildman–Crippen LogP) is 3.50. The molecule has 0 aliphatic heterocycles. The van der Waals surface area contributed by atoms with Crippen LogP contribution < -0.4 is 15.6 Å². The van der Waals surface area contributed by atoms with Crippen LogP contribution in [-0.4, -0.2) is 27.4 Å². The highest BCUT2D eigenvalue weighted by Gasteiger charge is 2.17. The highest BCUT2D eigenvalue weighted by Crippen LogP contribution is 2.23. The highest BCUT2D eigenvalue weighted by molar-refractivity contribution is 5.87. The van der Waals surface area contributed by atoms with E-state index >= 15 is 0 Å². The van der Waals surface area contributed by atoms with Gasteiger partial charge in [0, 0.05) is 29.9 Å². The summed E-state index contributed by atoms with van der Waals surface area (Å²) in [5, 5.41) is 8.54. The molecule has 2 heterocycles. The number of nitrogens with one attached hydrogen (secondary N) is 1. The molecule has 4 rings (SSSR count). The van der Waals surface area contributed by atoms with Crippen molar-refractivity contribution in [2.75, 3.05) is 7.11 Å². The number of aryl methyl sites for hydroxylation is 3. The molecular formula is C26H28N4O3. The SMILES string of the molecule is COc1ccc(CNC(=O)Cn2ncc3c(C)n(Cc4ccc(C)cc4)c(C)c3c2=O)cc1. The number of amides is 1. The molecule has 2 aromatic heterocycles. The van der Waals surface area contributed by atoms with E-state index in [1.54, 1.807) is 13.3 Å². The van der Waals surface area contributed by atoms with Gasteiger partial charge in [0.25, 0.3) is 5.56 Å². The van der Waals surface area contributed by atoms with Gasteiger partial charge in [-0.2, -0.15) is 5.10 Å². The molecule has 0 saturated heterocycles. The van der Waals surface area contributed by atoms with Gasteiger partial charge in [-0.15, -0.1) is 0 Å². The molecule has 0 aliphatic rings. The molecule has 0 bridgehead atoms. The highest BCUT2D eigenvalue weighted by atomic mass is 16.5. The number of hydrogen-bond donors (Lipinski definition) is 1. The third kappa shape index (κ3) is 4.67. The topological polar surface area (TPSA) is 78.2 Å². The van der Waals surface area contributed by atoms with Gasteiger partial charge >= 0.3 is 0 Å². The lowest BCUT2D eigenvalue weighted by Gasteiger charge is -2.09. The molecule has 1 amide bonds. The van der Waals surface area contributed by atoms with Gasteiger partial charge in [0.2, 0.25) is 5.91 Å². The van der Waals surface area contributed by atoms with E-state index < -0.39 is 0 Å². The standard InChI is InChI=1S/C26H28N4O3/c1-17-5-7-21(8-6-17)15-29-18(2)23-14-28-30(26(32)25(23)19(29)3)16-24(31)27-13-20-9-11-22(33-4)12-10-20/h5-12,14H,13,15-16H2,1-4H3,(H,27,31). The first-order valence-electron chi connectivity index (χ1n) is 10.9. The molecule has 0 fully saturated rings. The zero-order chi connectivity index (χ0) is 23.5. The number of benzene rings is 2. The van der Waals surface area contributed by atoms with Crippen LogP contribution in [0.25, 0.3) is 10.8 Å². The molecule has 7 heteroatoms. The Morgan fingerprint density at radius 2 is 1.64 bits per heavy atom. The summed E-state index contributed by atoms with van der Waals surface area (Å²) < 4.78 is 8.51. The number of carbonyl (C=O) groups excluding carboxylic acids is 1. The summed E-state index contributed by atoms with van der Waals surface area (Å²) in [5.41, 5.74) is 4.93. The summed E-state index contributed by atoms with van der Waals surface area (Å²) in [6, 6.07) is 15.8. The third-order valence-corrected chi connectivity index (χ3v) is 6.01. The van der Waals surface area contributed by atoms with Crippen LogP contribution in [0, 0.1) is 20.8 Å². The number of aromatic nitrogens is 3. The van der Waals surface area contributed by atoms with E-state index in [1.807, 2.05) is 38.1 Å². The van der Waals surface area contributed by atoms with Gasteiger partial charge in [-0.25, -0.2) is 4.68 Å². The van der Waals surface area contributed by atoms with Gasteiger partial charge in [-0.1, -0.05) is 42.0 Å². The minimum Gasteiger partial charge on any atom is -0.497 e. The molecule has 0 saturated carbocycles. The van der Waals surface area contributed by atoms with Crippen molar-refractivity contribution in [1.82, 2.24) is 19.7 Å². The fourth-order valence-electron chi connectivity index (χ4n) is 4.01. The minimum absolute atomic E-state index is 0.132. The minimum atomic E-state index is -0.270. The van der Waals surface area contributed by atoms with Gasteiger partial charge in [-0.05, 0) is 44.0 Å². The van der Waals surface area contributed by atoms with Gasteiger partial charge in [0.1, 0.15) is 12.3 Å². The molecule has 2 aromatic carbocycles. The Bertz CT molecular complexity index is 1350. The summed E-state index contributed by atoms with van der Waals surface area (Å²) in [6.45, 7) is 6.91. The number of fused-ring (bicyclic) bond motifs is 1. The van der Waals surface area contributed by atoms with Crippen molar-refractivity contribution in [2.24, 2.45) is 0 Å². The van der Waals surface area contributed by atoms with Crippen LogP contribution in [0.4, 0.5) is 0 Å². The van der Waals surface area contributed by atoms with Crippen LogP contribution in [0.15, 0.2) is 59.5 Å². The Kier molecular flexibility index (Phi) is 6.31. The van der Waals surface area contributed by atoms with E-state index in [1.165, 1.54) is 15.8 Å². The van der Waals surface area contributed by atoms with Crippen molar-refractivity contribution in [1.29, 1.82) is 0 Å². The van der Waals surface area contributed by atoms with E-state index in [0.717, 1.165) is 28.1 Å². The van der Waals surface area contributed by atoms with Crippen LogP contribution in [0.3, 0.4) is 0 Å². The maximum Gasteiger partial charge on any atom is 0.276 e. The summed E-state index contributed by atoms with van der Waals surface area (Å²) in [6.07, 6.45) is 1.68. The molecule has 7 nitrogen and oxygen atoms in total. The second-order valence-corrected chi connectivity index (χ2v) is 8.26. The van der Waals surface area contributed by atoms with Crippen molar-refractivity contribution in [2.45, 2.75) is 40.4 Å². The molecule has 33 heavy (non-hydrogen) atoms. The zero-order valence-electron chi connectivity index (χ0n) is 19.4. The van der Waals surface area contributed by atoms with Crippen LogP contribution in [0.2, 0.25) is 0 Å². The molecule has 0 aliphatic carbocycles. The Morgan fingerprint density at radius 3 is 2.30 bits per heavy atom. The van der Waals surface area contributed by atoms with Crippen LogP contribution in [0.5, 0.6) is 5.75 Å². The first-order valence-corrected chi connectivity index (χ1v) is 10.9. The number of nitrogens with zero attached hydrogens (tertiary/aromatic N) is 3. The molecule has 0 radical (unpaired) electrons. The molecule has 1 N–H and O–H groups in total. The maximum atomic E-state index is 13.2. The van der Waals surface area contributed by atoms with Crippen molar-refractivity contribution in [3.8, 4) is 5.75 Å². The summed E-state index contributed by atoms with van der Waals surface area (Å²) in [5.74, 6) is 0.488. The van der Waals surface area contributed by atoms with Gasteiger partial charge in [-0.3, -0.25) is 9.59 Å². The van der Waals surface area contributed by atoms with Crippen molar-refractivity contribution in [3.63, 3.8) is 0 Å². The van der Waals surface area contributed by atoms with Crippen LogP contribution in [0.1, 0.15) is 28.1 Å². The summed E-state index contributed by atoms with van der Waals surface area (Å²) >= 11 is 0. The number of carbonyl (C=O) groups is 1. The zero-order valence-corrected chi connectivity index (χ0v) is 19.4. The molecule has 0 spiro atoms. The average Bonchev–Trinajstić information content (AvgIpc) is 3.06. The fourth-order valence-corrected chi connectivity index (χ4v) is 4.01. The number of ether oxygens (including phenoxy) is 1. The van der Waals surface area contributed by atoms with E-state index in [0.29, 0.717) is 18.5 Å². The second-order valence-electron chi connectivity index (χ2n) is 8.26. The van der Waals surface area contributed by atoms with Gasteiger partial charge in [0.05, 0.1) is 18.7 Å².